The molecule has 1 unspecified atom stereocenters. The number of amides is 1. The third-order valence-corrected chi connectivity index (χ3v) is 3.41. The Balaban J connectivity index is 1.99. The molecule has 0 aliphatic carbocycles. The van der Waals surface area contributed by atoms with E-state index >= 15 is 0 Å². The van der Waals surface area contributed by atoms with Crippen LogP contribution in [0.5, 0.6) is 0 Å². The van der Waals surface area contributed by atoms with Crippen molar-refractivity contribution in [1.29, 1.82) is 0 Å². The van der Waals surface area contributed by atoms with Crippen LogP contribution in [0.1, 0.15) is 31.7 Å². The van der Waals surface area contributed by atoms with E-state index in [0.29, 0.717) is 13.0 Å². The standard InChI is InChI=1S/C15H19NO2/c1-2-3-9-13-14(17)11-16(15(13)18)10-12-7-5-4-6-8-12/h4-8,13H,2-3,9-11H2,1H3. The van der Waals surface area contributed by atoms with Crippen LogP contribution < -0.4 is 0 Å². The number of nitrogens with zero attached hydrogens (tertiary/aromatic N) is 1. The molecular weight excluding hydrogens is 226 g/mol. The number of unbranched alkanes of at least 4 members (excludes halogenated alkanes) is 1. The van der Waals surface area contributed by atoms with Gasteiger partial charge in [-0.1, -0.05) is 50.1 Å². The van der Waals surface area contributed by atoms with Crippen LogP contribution in [0.4, 0.5) is 0 Å². The van der Waals surface area contributed by atoms with Gasteiger partial charge in [-0.2, -0.15) is 0 Å². The number of Topliss-reactive ketones (excluding diaryl/α,β-unsaturated/α-hetero) is 1. The molecule has 1 amide bonds. The van der Waals surface area contributed by atoms with Crippen LogP contribution >= 0.6 is 0 Å². The average molecular weight is 245 g/mol. The van der Waals surface area contributed by atoms with E-state index < -0.39 is 0 Å². The second-order valence-corrected chi connectivity index (χ2v) is 4.84. The molecule has 1 heterocycles. The van der Waals surface area contributed by atoms with E-state index in [9.17, 15) is 9.59 Å². The summed E-state index contributed by atoms with van der Waals surface area (Å²) < 4.78 is 0. The number of hydrogen-bond donors (Lipinski definition) is 0. The van der Waals surface area contributed by atoms with Crippen molar-refractivity contribution in [1.82, 2.24) is 4.90 Å². The number of rotatable bonds is 5. The molecular formula is C15H19NO2. The van der Waals surface area contributed by atoms with Gasteiger partial charge in [-0.3, -0.25) is 9.59 Å². The van der Waals surface area contributed by atoms with Crippen molar-refractivity contribution in [2.24, 2.45) is 5.92 Å². The maximum Gasteiger partial charge on any atom is 0.233 e. The number of ketones is 1. The number of carbonyl (C=O) groups is 2. The molecule has 0 saturated carbocycles. The Morgan fingerprint density at radius 2 is 1.94 bits per heavy atom. The van der Waals surface area contributed by atoms with Crippen molar-refractivity contribution in [3.05, 3.63) is 35.9 Å². The second kappa shape index (κ2) is 5.80. The van der Waals surface area contributed by atoms with Crippen molar-refractivity contribution >= 4 is 11.7 Å². The summed E-state index contributed by atoms with van der Waals surface area (Å²) in [6.45, 7) is 2.90. The molecule has 1 aromatic rings. The van der Waals surface area contributed by atoms with Crippen LogP contribution in [0.3, 0.4) is 0 Å². The predicted molar refractivity (Wildman–Crippen MR) is 69.9 cm³/mol. The molecule has 18 heavy (non-hydrogen) atoms. The molecule has 96 valence electrons. The lowest BCUT2D eigenvalue weighted by Gasteiger charge is -2.15. The van der Waals surface area contributed by atoms with Gasteiger partial charge < -0.3 is 4.90 Å². The summed E-state index contributed by atoms with van der Waals surface area (Å²) in [5, 5.41) is 0. The number of carbonyl (C=O) groups excluding carboxylic acids is 2. The number of likely N-dealkylation sites (tertiary alicyclic amines) is 1. The lowest BCUT2D eigenvalue weighted by molar-refractivity contribution is -0.132. The van der Waals surface area contributed by atoms with Gasteiger partial charge in [0.1, 0.15) is 0 Å². The quantitative estimate of drug-likeness (QED) is 0.747. The minimum atomic E-state index is -0.381. The number of hydrogen-bond acceptors (Lipinski definition) is 2. The summed E-state index contributed by atoms with van der Waals surface area (Å²) in [6, 6.07) is 9.82. The molecule has 1 aliphatic rings. The topological polar surface area (TPSA) is 37.4 Å². The molecule has 0 spiro atoms. The van der Waals surface area contributed by atoms with Crippen LogP contribution in [0.25, 0.3) is 0 Å². The largest absolute Gasteiger partial charge is 0.330 e. The van der Waals surface area contributed by atoms with Gasteiger partial charge in [0.15, 0.2) is 5.78 Å². The molecule has 1 aromatic carbocycles. The smallest absolute Gasteiger partial charge is 0.233 e. The van der Waals surface area contributed by atoms with E-state index in [1.54, 1.807) is 4.90 Å². The minimum absolute atomic E-state index is 0.0114. The molecule has 0 N–H and O–H groups in total. The first-order valence-corrected chi connectivity index (χ1v) is 6.57. The highest BCUT2D eigenvalue weighted by Crippen LogP contribution is 2.22. The van der Waals surface area contributed by atoms with Gasteiger partial charge in [0.2, 0.25) is 5.91 Å². The molecule has 0 aromatic heterocycles. The molecule has 3 heteroatoms. The third kappa shape index (κ3) is 2.78. The van der Waals surface area contributed by atoms with Gasteiger partial charge in [0.05, 0.1) is 12.5 Å². The molecule has 0 radical (unpaired) electrons. The molecule has 1 saturated heterocycles. The van der Waals surface area contributed by atoms with Crippen LogP contribution in [0.2, 0.25) is 0 Å². The van der Waals surface area contributed by atoms with Gasteiger partial charge in [0.25, 0.3) is 0 Å². The van der Waals surface area contributed by atoms with Crippen molar-refractivity contribution in [3.8, 4) is 0 Å². The summed E-state index contributed by atoms with van der Waals surface area (Å²) in [4.78, 5) is 25.6. The van der Waals surface area contributed by atoms with Crippen molar-refractivity contribution in [2.75, 3.05) is 6.54 Å². The Hall–Kier alpha value is -1.64. The molecule has 2 rings (SSSR count). The molecule has 1 fully saturated rings. The van der Waals surface area contributed by atoms with Crippen LogP contribution in [0.15, 0.2) is 30.3 Å². The first-order chi connectivity index (χ1) is 8.72. The molecule has 0 bridgehead atoms. The minimum Gasteiger partial charge on any atom is -0.330 e. The molecule has 1 atom stereocenters. The lowest BCUT2D eigenvalue weighted by Crippen LogP contribution is -2.26. The lowest BCUT2D eigenvalue weighted by atomic mass is 10.00. The van der Waals surface area contributed by atoms with E-state index in [1.165, 1.54) is 0 Å². The fourth-order valence-corrected chi connectivity index (χ4v) is 2.36. The highest BCUT2D eigenvalue weighted by Gasteiger charge is 2.38. The van der Waals surface area contributed by atoms with Crippen molar-refractivity contribution in [2.45, 2.75) is 32.7 Å². The van der Waals surface area contributed by atoms with Crippen LogP contribution in [-0.4, -0.2) is 23.1 Å². The zero-order chi connectivity index (χ0) is 13.0. The predicted octanol–water partition coefficient (Wildman–Crippen LogP) is 2.40. The Morgan fingerprint density at radius 1 is 1.22 bits per heavy atom. The highest BCUT2D eigenvalue weighted by atomic mass is 16.2. The van der Waals surface area contributed by atoms with Crippen LogP contribution in [0, 0.1) is 5.92 Å². The van der Waals surface area contributed by atoms with Crippen molar-refractivity contribution < 1.29 is 9.59 Å². The highest BCUT2D eigenvalue weighted by molar-refractivity contribution is 6.08. The molecule has 1 aliphatic heterocycles. The maximum absolute atomic E-state index is 12.1. The van der Waals surface area contributed by atoms with E-state index in [1.807, 2.05) is 30.3 Å². The summed E-state index contributed by atoms with van der Waals surface area (Å²) in [7, 11) is 0. The second-order valence-electron chi connectivity index (χ2n) is 4.84. The van der Waals surface area contributed by atoms with Gasteiger partial charge in [-0.05, 0) is 12.0 Å². The Kier molecular flexibility index (Phi) is 4.13. The Labute approximate surface area is 108 Å². The monoisotopic (exact) mass is 245 g/mol. The molecule has 3 nitrogen and oxygen atoms in total. The van der Waals surface area contributed by atoms with Crippen LogP contribution in [-0.2, 0) is 16.1 Å². The van der Waals surface area contributed by atoms with E-state index in [2.05, 4.69) is 6.92 Å². The normalized spacial score (nSPS) is 19.6. The van der Waals surface area contributed by atoms with Gasteiger partial charge in [0, 0.05) is 6.54 Å². The first-order valence-electron chi connectivity index (χ1n) is 6.57. The average Bonchev–Trinajstić information content (AvgIpc) is 2.64. The van der Waals surface area contributed by atoms with Gasteiger partial charge in [-0.25, -0.2) is 0 Å². The number of benzene rings is 1. The zero-order valence-electron chi connectivity index (χ0n) is 10.8. The third-order valence-electron chi connectivity index (χ3n) is 3.41. The summed E-state index contributed by atoms with van der Waals surface area (Å²) in [6.07, 6.45) is 2.68. The first kappa shape index (κ1) is 12.8. The van der Waals surface area contributed by atoms with E-state index in [0.717, 1.165) is 18.4 Å². The summed E-state index contributed by atoms with van der Waals surface area (Å²) >= 11 is 0. The Morgan fingerprint density at radius 3 is 2.61 bits per heavy atom. The SMILES string of the molecule is CCCCC1C(=O)CN(Cc2ccccc2)C1=O. The maximum atomic E-state index is 12.1. The van der Waals surface area contributed by atoms with Crippen molar-refractivity contribution in [3.63, 3.8) is 0 Å². The fraction of sp³-hybridized carbons (Fsp3) is 0.467. The summed E-state index contributed by atoms with van der Waals surface area (Å²) in [5.74, 6) is -0.282. The Bertz CT molecular complexity index is 427. The van der Waals surface area contributed by atoms with E-state index in [-0.39, 0.29) is 24.2 Å². The fourth-order valence-electron chi connectivity index (χ4n) is 2.36. The van der Waals surface area contributed by atoms with Gasteiger partial charge >= 0.3 is 0 Å². The zero-order valence-corrected chi connectivity index (χ0v) is 10.8. The summed E-state index contributed by atoms with van der Waals surface area (Å²) in [5.41, 5.74) is 1.08. The van der Waals surface area contributed by atoms with Gasteiger partial charge in [-0.15, -0.1) is 0 Å². The van der Waals surface area contributed by atoms with E-state index in [4.69, 9.17) is 0 Å².